The maximum absolute atomic E-state index is 12.0. The normalized spacial score (nSPS) is 10.4. The van der Waals surface area contributed by atoms with Gasteiger partial charge in [-0.05, 0) is 48.0 Å². The quantitative estimate of drug-likeness (QED) is 0.578. The molecule has 7 nitrogen and oxygen atoms in total. The van der Waals surface area contributed by atoms with E-state index in [-0.39, 0.29) is 17.6 Å². The van der Waals surface area contributed by atoms with Gasteiger partial charge in [-0.3, -0.25) is 9.59 Å². The van der Waals surface area contributed by atoms with Gasteiger partial charge >= 0.3 is 0 Å². The van der Waals surface area contributed by atoms with Gasteiger partial charge in [0.25, 0.3) is 5.91 Å². The van der Waals surface area contributed by atoms with E-state index in [1.54, 1.807) is 36.4 Å². The Morgan fingerprint density at radius 3 is 2.50 bits per heavy atom. The SMILES string of the molecule is COc1cc(/C=N\NC(=O)c2ccc(NC(C)=O)cc2)ccc1O. The zero-order valence-corrected chi connectivity index (χ0v) is 13.2. The molecule has 0 bridgehead atoms. The van der Waals surface area contributed by atoms with Crippen LogP contribution in [-0.2, 0) is 4.79 Å². The smallest absolute Gasteiger partial charge is 0.271 e. The number of methoxy groups -OCH3 is 1. The number of amides is 2. The van der Waals surface area contributed by atoms with Gasteiger partial charge < -0.3 is 15.2 Å². The van der Waals surface area contributed by atoms with Crippen LogP contribution in [0.3, 0.4) is 0 Å². The number of hydrogen-bond acceptors (Lipinski definition) is 5. The highest BCUT2D eigenvalue weighted by Gasteiger charge is 2.05. The van der Waals surface area contributed by atoms with Crippen LogP contribution in [0.1, 0.15) is 22.8 Å². The molecule has 0 saturated heterocycles. The first-order valence-electron chi connectivity index (χ1n) is 7.07. The second-order valence-corrected chi connectivity index (χ2v) is 4.89. The number of hydrogen-bond donors (Lipinski definition) is 3. The molecular weight excluding hydrogens is 310 g/mol. The molecule has 124 valence electrons. The summed E-state index contributed by atoms with van der Waals surface area (Å²) < 4.78 is 4.99. The number of phenolic OH excluding ortho intramolecular Hbond substituents is 1. The Kier molecular flexibility index (Phi) is 5.51. The molecule has 2 amide bonds. The van der Waals surface area contributed by atoms with E-state index in [4.69, 9.17) is 4.74 Å². The Bertz CT molecular complexity index is 770. The summed E-state index contributed by atoms with van der Waals surface area (Å²) >= 11 is 0. The first-order valence-corrected chi connectivity index (χ1v) is 7.07. The summed E-state index contributed by atoms with van der Waals surface area (Å²) in [6.07, 6.45) is 1.44. The predicted octanol–water partition coefficient (Wildman–Crippen LogP) is 2.12. The monoisotopic (exact) mass is 327 g/mol. The zero-order chi connectivity index (χ0) is 17.5. The maximum atomic E-state index is 12.0. The number of phenols is 1. The third kappa shape index (κ3) is 4.57. The van der Waals surface area contributed by atoms with Crippen LogP contribution in [-0.4, -0.2) is 30.2 Å². The summed E-state index contributed by atoms with van der Waals surface area (Å²) in [6, 6.07) is 11.1. The molecule has 0 aliphatic rings. The van der Waals surface area contributed by atoms with Crippen molar-refractivity contribution in [2.24, 2.45) is 5.10 Å². The first kappa shape index (κ1) is 17.0. The van der Waals surface area contributed by atoms with Crippen LogP contribution >= 0.6 is 0 Å². The molecule has 0 unspecified atom stereocenters. The van der Waals surface area contributed by atoms with E-state index in [2.05, 4.69) is 15.8 Å². The molecule has 24 heavy (non-hydrogen) atoms. The van der Waals surface area contributed by atoms with Gasteiger partial charge in [0.1, 0.15) is 0 Å². The van der Waals surface area contributed by atoms with Crippen molar-refractivity contribution in [1.82, 2.24) is 5.43 Å². The second-order valence-electron chi connectivity index (χ2n) is 4.89. The lowest BCUT2D eigenvalue weighted by Gasteiger charge is -2.04. The van der Waals surface area contributed by atoms with E-state index in [1.807, 2.05) is 0 Å². The van der Waals surface area contributed by atoms with Crippen LogP contribution in [0.5, 0.6) is 11.5 Å². The number of rotatable bonds is 5. The number of nitrogens with zero attached hydrogens (tertiary/aromatic N) is 1. The summed E-state index contributed by atoms with van der Waals surface area (Å²) in [4.78, 5) is 22.9. The molecule has 0 spiro atoms. The summed E-state index contributed by atoms with van der Waals surface area (Å²) in [5, 5.41) is 16.0. The lowest BCUT2D eigenvalue weighted by molar-refractivity contribution is -0.114. The molecule has 0 atom stereocenters. The molecule has 7 heteroatoms. The van der Waals surface area contributed by atoms with E-state index < -0.39 is 0 Å². The minimum absolute atomic E-state index is 0.0259. The van der Waals surface area contributed by atoms with Crippen LogP contribution in [0.2, 0.25) is 0 Å². The van der Waals surface area contributed by atoms with Crippen molar-refractivity contribution in [3.05, 3.63) is 53.6 Å². The van der Waals surface area contributed by atoms with Gasteiger partial charge in [-0.2, -0.15) is 5.10 Å². The average molecular weight is 327 g/mol. The average Bonchev–Trinajstić information content (AvgIpc) is 2.56. The number of nitrogens with one attached hydrogen (secondary N) is 2. The van der Waals surface area contributed by atoms with Gasteiger partial charge in [0.15, 0.2) is 11.5 Å². The molecule has 0 aliphatic carbocycles. The number of carbonyl (C=O) groups excluding carboxylic acids is 2. The highest BCUT2D eigenvalue weighted by Crippen LogP contribution is 2.25. The van der Waals surface area contributed by atoms with Crippen molar-refractivity contribution >= 4 is 23.7 Å². The molecule has 3 N–H and O–H groups in total. The van der Waals surface area contributed by atoms with Crippen LogP contribution in [0.15, 0.2) is 47.6 Å². The fourth-order valence-corrected chi connectivity index (χ4v) is 1.91. The van der Waals surface area contributed by atoms with Crippen molar-refractivity contribution < 1.29 is 19.4 Å². The van der Waals surface area contributed by atoms with E-state index >= 15 is 0 Å². The van der Waals surface area contributed by atoms with Crippen molar-refractivity contribution in [2.75, 3.05) is 12.4 Å². The van der Waals surface area contributed by atoms with Crippen LogP contribution < -0.4 is 15.5 Å². The minimum atomic E-state index is -0.383. The van der Waals surface area contributed by atoms with Gasteiger partial charge in [0.2, 0.25) is 5.91 Å². The molecule has 2 aromatic rings. The third-order valence-electron chi connectivity index (χ3n) is 3.05. The van der Waals surface area contributed by atoms with Crippen LogP contribution in [0.25, 0.3) is 0 Å². The lowest BCUT2D eigenvalue weighted by atomic mass is 10.2. The molecular formula is C17H17N3O4. The Balaban J connectivity index is 1.98. The topological polar surface area (TPSA) is 100 Å². The highest BCUT2D eigenvalue weighted by atomic mass is 16.5. The predicted molar refractivity (Wildman–Crippen MR) is 90.5 cm³/mol. The van der Waals surface area contributed by atoms with E-state index in [0.717, 1.165) is 0 Å². The molecule has 2 aromatic carbocycles. The van der Waals surface area contributed by atoms with Crippen molar-refractivity contribution in [3.8, 4) is 11.5 Å². The third-order valence-corrected chi connectivity index (χ3v) is 3.05. The standard InChI is InChI=1S/C17H17N3O4/c1-11(21)19-14-6-4-13(5-7-14)17(23)20-18-10-12-3-8-15(22)16(9-12)24-2/h3-10,22H,1-2H3,(H,19,21)(H,20,23)/b18-10-. The number of carbonyl (C=O) groups is 2. The number of ether oxygens (including phenoxy) is 1. The van der Waals surface area contributed by atoms with Crippen molar-refractivity contribution in [3.63, 3.8) is 0 Å². The Hall–Kier alpha value is -3.35. The van der Waals surface area contributed by atoms with Crippen molar-refractivity contribution in [2.45, 2.75) is 6.92 Å². The molecule has 0 saturated carbocycles. The molecule has 2 rings (SSSR count). The molecule has 0 radical (unpaired) electrons. The Labute approximate surface area is 139 Å². The number of anilines is 1. The number of hydrazone groups is 1. The summed E-state index contributed by atoms with van der Waals surface area (Å²) in [5.74, 6) is -0.218. The van der Waals surface area contributed by atoms with E-state index in [0.29, 0.717) is 22.6 Å². The fraction of sp³-hybridized carbons (Fsp3) is 0.118. The lowest BCUT2D eigenvalue weighted by Crippen LogP contribution is -2.17. The minimum Gasteiger partial charge on any atom is -0.504 e. The highest BCUT2D eigenvalue weighted by molar-refractivity contribution is 5.96. The molecule has 0 aromatic heterocycles. The number of aromatic hydroxyl groups is 1. The van der Waals surface area contributed by atoms with E-state index in [9.17, 15) is 14.7 Å². The maximum Gasteiger partial charge on any atom is 0.271 e. The first-order chi connectivity index (χ1) is 11.5. The van der Waals surface area contributed by atoms with E-state index in [1.165, 1.54) is 26.3 Å². The van der Waals surface area contributed by atoms with Gasteiger partial charge in [-0.15, -0.1) is 0 Å². The van der Waals surface area contributed by atoms with Gasteiger partial charge in [0, 0.05) is 18.2 Å². The Morgan fingerprint density at radius 2 is 1.88 bits per heavy atom. The van der Waals surface area contributed by atoms with Crippen molar-refractivity contribution in [1.29, 1.82) is 0 Å². The molecule has 0 fully saturated rings. The fourth-order valence-electron chi connectivity index (χ4n) is 1.91. The van der Waals surface area contributed by atoms with Crippen LogP contribution in [0.4, 0.5) is 5.69 Å². The summed E-state index contributed by atoms with van der Waals surface area (Å²) in [7, 11) is 1.45. The molecule has 0 heterocycles. The Morgan fingerprint density at radius 1 is 1.17 bits per heavy atom. The summed E-state index contributed by atoms with van der Waals surface area (Å²) in [5.41, 5.74) is 4.07. The zero-order valence-electron chi connectivity index (χ0n) is 13.2. The molecule has 0 aliphatic heterocycles. The largest absolute Gasteiger partial charge is 0.504 e. The second kappa shape index (κ2) is 7.77. The van der Waals surface area contributed by atoms with Gasteiger partial charge in [-0.1, -0.05) is 0 Å². The number of benzene rings is 2. The summed E-state index contributed by atoms with van der Waals surface area (Å²) in [6.45, 7) is 1.41. The van der Waals surface area contributed by atoms with Crippen LogP contribution in [0, 0.1) is 0 Å². The van der Waals surface area contributed by atoms with Gasteiger partial charge in [-0.25, -0.2) is 5.43 Å². The van der Waals surface area contributed by atoms with Gasteiger partial charge in [0.05, 0.1) is 13.3 Å².